The average molecular weight is 399 g/mol. The zero-order valence-corrected chi connectivity index (χ0v) is 15.0. The van der Waals surface area contributed by atoms with Crippen LogP contribution in [-0.4, -0.2) is 31.2 Å². The summed E-state index contributed by atoms with van der Waals surface area (Å²) in [5.74, 6) is 0.894. The van der Waals surface area contributed by atoms with Crippen LogP contribution in [0, 0.1) is 20.2 Å². The molecule has 3 rings (SSSR count). The molecule has 2 aromatic carbocycles. The summed E-state index contributed by atoms with van der Waals surface area (Å²) >= 11 is 1.36. The number of rotatable bonds is 8. The molecule has 0 aliphatic carbocycles. The van der Waals surface area contributed by atoms with Gasteiger partial charge in [0.1, 0.15) is 0 Å². The molecule has 0 aliphatic rings. The molecule has 3 aromatic rings. The van der Waals surface area contributed by atoms with E-state index in [0.29, 0.717) is 22.4 Å². The summed E-state index contributed by atoms with van der Waals surface area (Å²) in [5.41, 5.74) is 4.34. The number of non-ortho nitro benzene ring substituents is 2. The Kier molecular flexibility index (Phi) is 5.91. The van der Waals surface area contributed by atoms with Gasteiger partial charge in [0.2, 0.25) is 11.1 Å². The van der Waals surface area contributed by atoms with Gasteiger partial charge in [0.15, 0.2) is 0 Å². The standard InChI is InChI=1S/C16H13N7O4S/c24-22(25)13-5-1-11(2-6-13)9-17-19-15-18-16(21-20-15)28-10-12-3-7-14(8-4-12)23(26)27/h1-9H,10H2,(H2,18,19,20,21)/b17-9+. The number of nitrogens with one attached hydrogen (secondary N) is 2. The smallest absolute Gasteiger partial charge is 0.258 e. The largest absolute Gasteiger partial charge is 0.269 e. The van der Waals surface area contributed by atoms with Crippen LogP contribution in [0.2, 0.25) is 0 Å². The number of hydrazone groups is 1. The fraction of sp³-hybridized carbons (Fsp3) is 0.0625. The topological polar surface area (TPSA) is 152 Å². The first-order valence-electron chi connectivity index (χ1n) is 7.83. The summed E-state index contributed by atoms with van der Waals surface area (Å²) in [6.45, 7) is 0. The van der Waals surface area contributed by atoms with Crippen molar-refractivity contribution in [3.05, 3.63) is 79.9 Å². The van der Waals surface area contributed by atoms with E-state index in [4.69, 9.17) is 0 Å². The van der Waals surface area contributed by atoms with Gasteiger partial charge in [-0.1, -0.05) is 23.9 Å². The van der Waals surface area contributed by atoms with E-state index in [9.17, 15) is 20.2 Å². The summed E-state index contributed by atoms with van der Waals surface area (Å²) in [6.07, 6.45) is 1.50. The fourth-order valence-corrected chi connectivity index (χ4v) is 2.83. The number of nitro benzene ring substituents is 2. The molecular weight excluding hydrogens is 386 g/mol. The Balaban J connectivity index is 1.51. The van der Waals surface area contributed by atoms with Crippen molar-refractivity contribution in [3.63, 3.8) is 0 Å². The van der Waals surface area contributed by atoms with Crippen molar-refractivity contribution < 1.29 is 9.85 Å². The predicted molar refractivity (Wildman–Crippen MR) is 103 cm³/mol. The highest BCUT2D eigenvalue weighted by atomic mass is 32.2. The molecule has 12 heteroatoms. The Bertz CT molecular complexity index is 1000. The first-order chi connectivity index (χ1) is 13.5. The van der Waals surface area contributed by atoms with Crippen LogP contribution in [0.4, 0.5) is 17.3 Å². The molecule has 28 heavy (non-hydrogen) atoms. The maximum atomic E-state index is 10.6. The van der Waals surface area contributed by atoms with Crippen LogP contribution in [0.15, 0.2) is 58.8 Å². The molecule has 0 spiro atoms. The van der Waals surface area contributed by atoms with Crippen molar-refractivity contribution in [2.75, 3.05) is 5.43 Å². The van der Waals surface area contributed by atoms with Crippen LogP contribution >= 0.6 is 11.8 Å². The van der Waals surface area contributed by atoms with E-state index >= 15 is 0 Å². The van der Waals surface area contributed by atoms with Crippen LogP contribution in [0.5, 0.6) is 0 Å². The molecule has 0 aliphatic heterocycles. The number of H-pyrrole nitrogens is 1. The van der Waals surface area contributed by atoms with Gasteiger partial charge in [-0.3, -0.25) is 20.2 Å². The molecular formula is C16H13N7O4S. The Morgan fingerprint density at radius 3 is 2.25 bits per heavy atom. The van der Waals surface area contributed by atoms with Gasteiger partial charge in [0.05, 0.1) is 16.1 Å². The van der Waals surface area contributed by atoms with Crippen molar-refractivity contribution in [3.8, 4) is 0 Å². The molecule has 11 nitrogen and oxygen atoms in total. The Morgan fingerprint density at radius 1 is 1.04 bits per heavy atom. The Morgan fingerprint density at radius 2 is 1.64 bits per heavy atom. The lowest BCUT2D eigenvalue weighted by Gasteiger charge is -1.98. The van der Waals surface area contributed by atoms with Crippen LogP contribution in [0.1, 0.15) is 11.1 Å². The molecule has 0 amide bonds. The second kappa shape index (κ2) is 8.73. The van der Waals surface area contributed by atoms with E-state index < -0.39 is 9.85 Å². The second-order valence-electron chi connectivity index (χ2n) is 5.40. The highest BCUT2D eigenvalue weighted by molar-refractivity contribution is 7.98. The highest BCUT2D eigenvalue weighted by Crippen LogP contribution is 2.21. The summed E-state index contributed by atoms with van der Waals surface area (Å²) in [4.78, 5) is 24.6. The monoisotopic (exact) mass is 399 g/mol. The van der Waals surface area contributed by atoms with E-state index in [2.05, 4.69) is 25.7 Å². The van der Waals surface area contributed by atoms with Gasteiger partial charge in [0, 0.05) is 30.0 Å². The first-order valence-corrected chi connectivity index (χ1v) is 8.82. The zero-order valence-electron chi connectivity index (χ0n) is 14.2. The minimum absolute atomic E-state index is 0.00929. The van der Waals surface area contributed by atoms with Crippen molar-refractivity contribution in [1.29, 1.82) is 0 Å². The third-order valence-electron chi connectivity index (χ3n) is 3.47. The van der Waals surface area contributed by atoms with Crippen molar-refractivity contribution in [2.24, 2.45) is 5.10 Å². The van der Waals surface area contributed by atoms with Gasteiger partial charge in [-0.15, -0.1) is 5.10 Å². The van der Waals surface area contributed by atoms with Crippen LogP contribution < -0.4 is 5.43 Å². The zero-order chi connectivity index (χ0) is 19.9. The summed E-state index contributed by atoms with van der Waals surface area (Å²) < 4.78 is 0. The van der Waals surface area contributed by atoms with Gasteiger partial charge < -0.3 is 0 Å². The number of aromatic amines is 1. The highest BCUT2D eigenvalue weighted by Gasteiger charge is 2.07. The third kappa shape index (κ3) is 5.11. The number of nitrogens with zero attached hydrogens (tertiary/aromatic N) is 5. The normalized spacial score (nSPS) is 10.9. The number of nitro groups is 2. The summed E-state index contributed by atoms with van der Waals surface area (Å²) in [7, 11) is 0. The van der Waals surface area contributed by atoms with E-state index in [1.807, 2.05) is 0 Å². The molecule has 0 saturated carbocycles. The lowest BCUT2D eigenvalue weighted by atomic mass is 10.2. The molecule has 1 heterocycles. The maximum absolute atomic E-state index is 10.6. The van der Waals surface area contributed by atoms with E-state index in [-0.39, 0.29) is 11.4 Å². The minimum Gasteiger partial charge on any atom is -0.258 e. The molecule has 0 saturated heterocycles. The second-order valence-corrected chi connectivity index (χ2v) is 6.34. The summed E-state index contributed by atoms with van der Waals surface area (Å²) in [5, 5.41) is 32.5. The van der Waals surface area contributed by atoms with Crippen LogP contribution in [0.3, 0.4) is 0 Å². The number of benzene rings is 2. The van der Waals surface area contributed by atoms with Gasteiger partial charge in [-0.05, 0) is 23.3 Å². The molecule has 0 radical (unpaired) electrons. The quantitative estimate of drug-likeness (QED) is 0.253. The van der Waals surface area contributed by atoms with Crippen molar-refractivity contribution in [1.82, 2.24) is 15.2 Å². The lowest BCUT2D eigenvalue weighted by Crippen LogP contribution is -1.93. The number of hydrogen-bond acceptors (Lipinski definition) is 9. The van der Waals surface area contributed by atoms with Gasteiger partial charge in [-0.25, -0.2) is 10.5 Å². The molecule has 0 fully saturated rings. The minimum atomic E-state index is -0.469. The number of anilines is 1. The lowest BCUT2D eigenvalue weighted by molar-refractivity contribution is -0.385. The molecule has 2 N–H and O–H groups in total. The number of hydrogen-bond donors (Lipinski definition) is 2. The Hall–Kier alpha value is -3.80. The molecule has 1 aromatic heterocycles. The fourth-order valence-electron chi connectivity index (χ4n) is 2.07. The number of thioether (sulfide) groups is 1. The number of aromatic nitrogens is 3. The van der Waals surface area contributed by atoms with Gasteiger partial charge in [-0.2, -0.15) is 10.1 Å². The molecule has 142 valence electrons. The van der Waals surface area contributed by atoms with Crippen LogP contribution in [-0.2, 0) is 5.75 Å². The predicted octanol–water partition coefficient (Wildman–Crippen LogP) is 3.36. The van der Waals surface area contributed by atoms with E-state index in [1.54, 1.807) is 24.3 Å². The molecule has 0 unspecified atom stereocenters. The maximum Gasteiger partial charge on any atom is 0.269 e. The molecule has 0 bridgehead atoms. The van der Waals surface area contributed by atoms with Gasteiger partial charge >= 0.3 is 0 Å². The Labute approximate surface area is 162 Å². The van der Waals surface area contributed by atoms with Gasteiger partial charge in [0.25, 0.3) is 11.4 Å². The SMILES string of the molecule is O=[N+]([O-])c1ccc(/C=N/Nc2nc(SCc3ccc([N+](=O)[O-])cc3)n[nH]2)cc1. The molecule has 0 atom stereocenters. The van der Waals surface area contributed by atoms with Crippen LogP contribution in [0.25, 0.3) is 0 Å². The first kappa shape index (κ1) is 19.0. The van der Waals surface area contributed by atoms with Crippen molar-refractivity contribution in [2.45, 2.75) is 10.9 Å². The third-order valence-corrected chi connectivity index (χ3v) is 4.39. The van der Waals surface area contributed by atoms with E-state index in [1.165, 1.54) is 42.2 Å². The van der Waals surface area contributed by atoms with Crippen molar-refractivity contribution >= 4 is 35.3 Å². The summed E-state index contributed by atoms with van der Waals surface area (Å²) in [6, 6.07) is 12.2. The average Bonchev–Trinajstić information content (AvgIpc) is 3.15. The van der Waals surface area contributed by atoms with E-state index in [0.717, 1.165) is 5.56 Å².